The number of carbonyl (C=O) groups excluding carboxylic acids is 2. The van der Waals surface area contributed by atoms with Gasteiger partial charge in [0, 0.05) is 5.69 Å². The number of benzene rings is 3. The van der Waals surface area contributed by atoms with Gasteiger partial charge in [0.25, 0.3) is 10.0 Å². The molecule has 3 aromatic carbocycles. The number of hydrogen-bond donors (Lipinski definition) is 1. The van der Waals surface area contributed by atoms with E-state index in [1.165, 1.54) is 56.7 Å². The smallest absolute Gasteiger partial charge is 0.337 e. The first-order chi connectivity index (χ1) is 16.1. The molecule has 0 fully saturated rings. The van der Waals surface area contributed by atoms with Crippen molar-refractivity contribution in [3.05, 3.63) is 82.3 Å². The van der Waals surface area contributed by atoms with Gasteiger partial charge in [0.05, 0.1) is 34.8 Å². The molecule has 0 aliphatic heterocycles. The third kappa shape index (κ3) is 5.75. The minimum Gasteiger partial charge on any atom is -0.496 e. The molecule has 0 aliphatic rings. The molecular weight excluding hydrogens is 524 g/mol. The summed E-state index contributed by atoms with van der Waals surface area (Å²) in [5, 5.41) is 2.66. The molecule has 8 nitrogen and oxygen atoms in total. The molecule has 0 aromatic heterocycles. The van der Waals surface area contributed by atoms with Gasteiger partial charge in [0.15, 0.2) is 0 Å². The lowest BCUT2D eigenvalue weighted by Gasteiger charge is -2.24. The topological polar surface area (TPSA) is 102 Å². The highest BCUT2D eigenvalue weighted by atomic mass is 79.9. The van der Waals surface area contributed by atoms with Crippen LogP contribution in [0.4, 0.5) is 11.4 Å². The van der Waals surface area contributed by atoms with Crippen LogP contribution in [0.25, 0.3) is 0 Å². The van der Waals surface area contributed by atoms with E-state index < -0.39 is 28.4 Å². The molecule has 0 bridgehead atoms. The van der Waals surface area contributed by atoms with Crippen molar-refractivity contribution in [3.8, 4) is 5.75 Å². The molecule has 1 amide bonds. The maximum Gasteiger partial charge on any atom is 0.337 e. The van der Waals surface area contributed by atoms with Crippen LogP contribution in [-0.4, -0.2) is 41.1 Å². The summed E-state index contributed by atoms with van der Waals surface area (Å²) in [6.45, 7) is 1.42. The van der Waals surface area contributed by atoms with Crippen LogP contribution < -0.4 is 14.4 Å². The summed E-state index contributed by atoms with van der Waals surface area (Å²) in [6, 6.07) is 17.3. The largest absolute Gasteiger partial charge is 0.496 e. The summed E-state index contributed by atoms with van der Waals surface area (Å²) in [5.74, 6) is -0.573. The van der Waals surface area contributed by atoms with Gasteiger partial charge in [-0.3, -0.25) is 9.10 Å². The number of aryl methyl sites for hydroxylation is 1. The molecule has 1 N–H and O–H groups in total. The molecule has 0 saturated heterocycles. The Kier molecular flexibility index (Phi) is 7.95. The fourth-order valence-electron chi connectivity index (χ4n) is 3.10. The summed E-state index contributed by atoms with van der Waals surface area (Å²) in [6.07, 6.45) is 0. The van der Waals surface area contributed by atoms with Crippen molar-refractivity contribution < 1.29 is 27.5 Å². The van der Waals surface area contributed by atoms with Crippen molar-refractivity contribution >= 4 is 49.2 Å². The molecule has 10 heteroatoms. The number of sulfonamides is 1. The van der Waals surface area contributed by atoms with E-state index in [0.29, 0.717) is 27.2 Å². The molecule has 0 saturated carbocycles. The second-order valence-corrected chi connectivity index (χ2v) is 9.98. The summed E-state index contributed by atoms with van der Waals surface area (Å²) in [7, 11) is -1.34. The Hall–Kier alpha value is -3.37. The predicted molar refractivity (Wildman–Crippen MR) is 133 cm³/mol. The standard InChI is InChI=1S/C24H23BrN2O6S/c1-16-4-10-19(11-5-16)27(34(30,31)20-12-13-22(32-2)21(25)14-20)15-23(28)26-18-8-6-17(7-9-18)24(29)33-3/h4-14H,15H2,1-3H3,(H,26,28). The zero-order valence-electron chi connectivity index (χ0n) is 18.7. The number of esters is 1. The van der Waals surface area contributed by atoms with Gasteiger partial charge in [-0.05, 0) is 77.5 Å². The minimum atomic E-state index is -4.10. The Morgan fingerprint density at radius 1 is 0.971 bits per heavy atom. The van der Waals surface area contributed by atoms with E-state index in [0.717, 1.165) is 9.87 Å². The number of nitrogens with zero attached hydrogens (tertiary/aromatic N) is 1. The molecule has 178 valence electrons. The number of methoxy groups -OCH3 is 2. The Balaban J connectivity index is 1.90. The zero-order chi connectivity index (χ0) is 24.9. The molecule has 0 atom stereocenters. The molecule has 3 aromatic rings. The maximum absolute atomic E-state index is 13.5. The number of nitrogens with one attached hydrogen (secondary N) is 1. The Labute approximate surface area is 206 Å². The van der Waals surface area contributed by atoms with Crippen LogP contribution in [0.3, 0.4) is 0 Å². The molecule has 0 unspecified atom stereocenters. The highest BCUT2D eigenvalue weighted by molar-refractivity contribution is 9.10. The van der Waals surface area contributed by atoms with Crippen molar-refractivity contribution in [1.82, 2.24) is 0 Å². The number of rotatable bonds is 8. The van der Waals surface area contributed by atoms with Gasteiger partial charge < -0.3 is 14.8 Å². The zero-order valence-corrected chi connectivity index (χ0v) is 21.1. The third-order valence-corrected chi connectivity index (χ3v) is 7.30. The van der Waals surface area contributed by atoms with Crippen molar-refractivity contribution in [2.24, 2.45) is 0 Å². The average molecular weight is 547 g/mol. The van der Waals surface area contributed by atoms with Gasteiger partial charge in [-0.2, -0.15) is 0 Å². The van der Waals surface area contributed by atoms with Crippen molar-refractivity contribution in [2.75, 3.05) is 30.4 Å². The van der Waals surface area contributed by atoms with Crippen LogP contribution in [0, 0.1) is 6.92 Å². The second kappa shape index (κ2) is 10.7. The highest BCUT2D eigenvalue weighted by Gasteiger charge is 2.28. The van der Waals surface area contributed by atoms with Gasteiger partial charge in [-0.15, -0.1) is 0 Å². The van der Waals surface area contributed by atoms with Crippen LogP contribution in [0.15, 0.2) is 76.1 Å². The van der Waals surface area contributed by atoms with Crippen LogP contribution in [0.2, 0.25) is 0 Å². The number of halogens is 1. The molecule has 0 heterocycles. The summed E-state index contributed by atoms with van der Waals surface area (Å²) < 4.78 is 38.4. The lowest BCUT2D eigenvalue weighted by molar-refractivity contribution is -0.114. The number of ether oxygens (including phenoxy) is 2. The normalized spacial score (nSPS) is 10.9. The number of anilines is 2. The first-order valence-corrected chi connectivity index (χ1v) is 12.3. The van der Waals surface area contributed by atoms with Gasteiger partial charge in [-0.25, -0.2) is 13.2 Å². The van der Waals surface area contributed by atoms with Crippen molar-refractivity contribution in [3.63, 3.8) is 0 Å². The van der Waals surface area contributed by atoms with Crippen LogP contribution in [0.1, 0.15) is 15.9 Å². The second-order valence-electron chi connectivity index (χ2n) is 7.26. The van der Waals surface area contributed by atoms with E-state index in [1.807, 2.05) is 6.92 Å². The van der Waals surface area contributed by atoms with E-state index in [9.17, 15) is 18.0 Å². The number of hydrogen-bond acceptors (Lipinski definition) is 6. The van der Waals surface area contributed by atoms with Crippen molar-refractivity contribution in [2.45, 2.75) is 11.8 Å². The molecule has 0 spiro atoms. The maximum atomic E-state index is 13.5. The predicted octanol–water partition coefficient (Wildman–Crippen LogP) is 4.39. The summed E-state index contributed by atoms with van der Waals surface area (Å²) in [5.41, 5.74) is 2.03. The Morgan fingerprint density at radius 3 is 2.18 bits per heavy atom. The van der Waals surface area contributed by atoms with Gasteiger partial charge in [0.1, 0.15) is 12.3 Å². The monoisotopic (exact) mass is 546 g/mol. The third-order valence-electron chi connectivity index (χ3n) is 4.91. The van der Waals surface area contributed by atoms with E-state index in [1.54, 1.807) is 24.3 Å². The molecule has 0 aliphatic carbocycles. The van der Waals surface area contributed by atoms with Crippen LogP contribution in [-0.2, 0) is 19.6 Å². The molecule has 34 heavy (non-hydrogen) atoms. The summed E-state index contributed by atoms with van der Waals surface area (Å²) in [4.78, 5) is 24.4. The molecule has 3 rings (SSSR count). The number of amides is 1. The molecular formula is C24H23BrN2O6S. The van der Waals surface area contributed by atoms with Crippen molar-refractivity contribution in [1.29, 1.82) is 0 Å². The average Bonchev–Trinajstić information content (AvgIpc) is 2.83. The van der Waals surface area contributed by atoms with E-state index in [-0.39, 0.29) is 4.90 Å². The van der Waals surface area contributed by atoms with E-state index in [2.05, 4.69) is 26.0 Å². The fraction of sp³-hybridized carbons (Fsp3) is 0.167. The quantitative estimate of drug-likeness (QED) is 0.420. The van der Waals surface area contributed by atoms with Gasteiger partial charge in [-0.1, -0.05) is 17.7 Å². The van der Waals surface area contributed by atoms with E-state index >= 15 is 0 Å². The van der Waals surface area contributed by atoms with Crippen LogP contribution in [0.5, 0.6) is 5.75 Å². The highest BCUT2D eigenvalue weighted by Crippen LogP contribution is 2.31. The minimum absolute atomic E-state index is 0.00372. The lowest BCUT2D eigenvalue weighted by Crippen LogP contribution is -2.38. The lowest BCUT2D eigenvalue weighted by atomic mass is 10.2. The molecule has 0 radical (unpaired) electrons. The number of carbonyl (C=O) groups is 2. The fourth-order valence-corrected chi connectivity index (χ4v) is 5.24. The summed E-state index contributed by atoms with van der Waals surface area (Å²) >= 11 is 3.31. The van der Waals surface area contributed by atoms with E-state index in [4.69, 9.17) is 4.74 Å². The van der Waals surface area contributed by atoms with Gasteiger partial charge >= 0.3 is 5.97 Å². The first kappa shape index (κ1) is 25.3. The first-order valence-electron chi connectivity index (χ1n) is 10.1. The Morgan fingerprint density at radius 2 is 1.62 bits per heavy atom. The Bertz CT molecular complexity index is 1290. The van der Waals surface area contributed by atoms with Gasteiger partial charge in [0.2, 0.25) is 5.91 Å². The SMILES string of the molecule is COC(=O)c1ccc(NC(=O)CN(c2ccc(C)cc2)S(=O)(=O)c2ccc(OC)c(Br)c2)cc1. The van der Waals surface area contributed by atoms with Crippen LogP contribution >= 0.6 is 15.9 Å².